The van der Waals surface area contributed by atoms with Crippen molar-refractivity contribution in [2.24, 2.45) is 5.73 Å². The highest BCUT2D eigenvalue weighted by molar-refractivity contribution is 7.92. The van der Waals surface area contributed by atoms with Gasteiger partial charge in [-0.25, -0.2) is 23.2 Å². The Labute approximate surface area is 260 Å². The second-order valence-electron chi connectivity index (χ2n) is 12.6. The SMILES string of the molecule is CCCCCC(C)(C)c1ccc(CC(N)(c2cccc(N(CC(=O)O)C(=O)OC(C)(C)C)n2)S(=O)(=O)c2ccccn2)cc1. The van der Waals surface area contributed by atoms with Gasteiger partial charge in [0.05, 0.1) is 5.69 Å². The monoisotopic (exact) mass is 624 g/mol. The number of rotatable bonds is 13. The van der Waals surface area contributed by atoms with Crippen LogP contribution in [0.25, 0.3) is 0 Å². The number of benzene rings is 1. The third-order valence-corrected chi connectivity index (χ3v) is 9.46. The highest BCUT2D eigenvalue weighted by Crippen LogP contribution is 2.35. The van der Waals surface area contributed by atoms with Gasteiger partial charge in [0.15, 0.2) is 9.90 Å². The maximum Gasteiger partial charge on any atom is 0.416 e. The van der Waals surface area contributed by atoms with Crippen molar-refractivity contribution < 1.29 is 27.9 Å². The molecule has 0 spiro atoms. The number of carbonyl (C=O) groups is 2. The van der Waals surface area contributed by atoms with E-state index < -0.39 is 38.9 Å². The molecule has 0 saturated heterocycles. The predicted octanol–water partition coefficient (Wildman–Crippen LogP) is 5.99. The Morgan fingerprint density at radius 1 is 0.955 bits per heavy atom. The van der Waals surface area contributed by atoms with Crippen molar-refractivity contribution in [3.05, 3.63) is 83.7 Å². The number of hydrogen-bond acceptors (Lipinski definition) is 8. The molecule has 10 nitrogen and oxygen atoms in total. The number of sulfone groups is 1. The summed E-state index contributed by atoms with van der Waals surface area (Å²) in [5.41, 5.74) is 7.61. The number of amides is 1. The van der Waals surface area contributed by atoms with Gasteiger partial charge in [-0.2, -0.15) is 0 Å². The van der Waals surface area contributed by atoms with E-state index in [1.54, 1.807) is 32.9 Å². The first kappa shape index (κ1) is 34.7. The molecule has 11 heteroatoms. The average Bonchev–Trinajstić information content (AvgIpc) is 2.95. The minimum absolute atomic E-state index is 0.0569. The molecule has 0 aliphatic rings. The molecular weight excluding hydrogens is 580 g/mol. The molecule has 1 amide bonds. The zero-order valence-electron chi connectivity index (χ0n) is 26.4. The van der Waals surface area contributed by atoms with Gasteiger partial charge >= 0.3 is 12.1 Å². The van der Waals surface area contributed by atoms with Crippen molar-refractivity contribution in [1.29, 1.82) is 0 Å². The highest BCUT2D eigenvalue weighted by Gasteiger charge is 2.45. The fourth-order valence-electron chi connectivity index (χ4n) is 4.85. The van der Waals surface area contributed by atoms with E-state index in [4.69, 9.17) is 10.5 Å². The van der Waals surface area contributed by atoms with Crippen molar-refractivity contribution in [2.75, 3.05) is 11.4 Å². The number of ether oxygens (including phenoxy) is 1. The fraction of sp³-hybridized carbons (Fsp3) is 0.455. The van der Waals surface area contributed by atoms with E-state index in [9.17, 15) is 23.1 Å². The number of nitrogens with zero attached hydrogens (tertiary/aromatic N) is 3. The molecule has 3 N–H and O–H groups in total. The molecule has 1 aromatic carbocycles. The lowest BCUT2D eigenvalue weighted by Gasteiger charge is -2.31. The minimum atomic E-state index is -4.37. The van der Waals surface area contributed by atoms with Crippen LogP contribution in [-0.2, 0) is 36.1 Å². The zero-order chi connectivity index (χ0) is 32.8. The van der Waals surface area contributed by atoms with Crippen LogP contribution in [0.1, 0.15) is 84.0 Å². The molecule has 2 heterocycles. The summed E-state index contributed by atoms with van der Waals surface area (Å²) in [6.45, 7) is 10.7. The molecule has 0 radical (unpaired) electrons. The smallest absolute Gasteiger partial charge is 0.416 e. The zero-order valence-corrected chi connectivity index (χ0v) is 27.2. The van der Waals surface area contributed by atoms with Crippen LogP contribution in [0.4, 0.5) is 10.6 Å². The van der Waals surface area contributed by atoms with E-state index in [2.05, 4.69) is 30.7 Å². The Bertz CT molecular complexity index is 1540. The van der Waals surface area contributed by atoms with Gasteiger partial charge in [0.25, 0.3) is 0 Å². The summed E-state index contributed by atoms with van der Waals surface area (Å²) in [5, 5.41) is 9.29. The van der Waals surface area contributed by atoms with Gasteiger partial charge in [0.1, 0.15) is 18.0 Å². The van der Waals surface area contributed by atoms with Gasteiger partial charge in [0, 0.05) is 12.6 Å². The summed E-state index contributed by atoms with van der Waals surface area (Å²) < 4.78 is 33.8. The normalized spacial score (nSPS) is 13.6. The highest BCUT2D eigenvalue weighted by atomic mass is 32.2. The van der Waals surface area contributed by atoms with E-state index in [0.717, 1.165) is 36.1 Å². The van der Waals surface area contributed by atoms with Crippen LogP contribution in [0, 0.1) is 0 Å². The summed E-state index contributed by atoms with van der Waals surface area (Å²) >= 11 is 0. The average molecular weight is 625 g/mol. The Hall–Kier alpha value is -3.83. The van der Waals surface area contributed by atoms with Gasteiger partial charge in [-0.05, 0) is 68.0 Å². The number of nitrogens with two attached hydrogens (primary N) is 1. The van der Waals surface area contributed by atoms with E-state index in [1.165, 1.54) is 30.5 Å². The first-order valence-electron chi connectivity index (χ1n) is 14.7. The lowest BCUT2D eigenvalue weighted by Crippen LogP contribution is -2.48. The molecule has 0 saturated carbocycles. The molecule has 3 rings (SSSR count). The molecule has 2 aromatic heterocycles. The van der Waals surface area contributed by atoms with Crippen LogP contribution in [0.3, 0.4) is 0 Å². The fourth-order valence-corrected chi connectivity index (χ4v) is 6.43. The molecule has 0 aliphatic carbocycles. The number of pyridine rings is 2. The Balaban J connectivity index is 2.11. The molecule has 0 bridgehead atoms. The third kappa shape index (κ3) is 8.41. The van der Waals surface area contributed by atoms with Crippen molar-refractivity contribution in [2.45, 2.75) is 94.6 Å². The Kier molecular flexibility index (Phi) is 10.9. The maximum atomic E-state index is 14.2. The second kappa shape index (κ2) is 13.9. The van der Waals surface area contributed by atoms with E-state index in [1.807, 2.05) is 24.3 Å². The van der Waals surface area contributed by atoms with Crippen LogP contribution in [0.2, 0.25) is 0 Å². The first-order chi connectivity index (χ1) is 20.5. The quantitative estimate of drug-likeness (QED) is 0.218. The number of unbranched alkanes of at least 4 members (excludes halogenated alkanes) is 2. The second-order valence-corrected chi connectivity index (χ2v) is 14.8. The first-order valence-corrected chi connectivity index (χ1v) is 16.2. The lowest BCUT2D eigenvalue weighted by molar-refractivity contribution is -0.135. The van der Waals surface area contributed by atoms with Crippen molar-refractivity contribution in [3.63, 3.8) is 0 Å². The van der Waals surface area contributed by atoms with Crippen LogP contribution in [0.15, 0.2) is 71.9 Å². The summed E-state index contributed by atoms with van der Waals surface area (Å²) in [5.74, 6) is -1.42. The predicted molar refractivity (Wildman–Crippen MR) is 170 cm³/mol. The number of anilines is 1. The van der Waals surface area contributed by atoms with E-state index in [0.29, 0.717) is 5.56 Å². The molecule has 0 aliphatic heterocycles. The largest absolute Gasteiger partial charge is 0.480 e. The lowest BCUT2D eigenvalue weighted by atomic mass is 9.79. The standard InChI is InChI=1S/C33H44N4O6S/c1-7-8-10-20-32(5,6)25-18-16-24(17-19-25)22-33(34,44(41,42)28-15-9-11-21-35-28)26-13-12-14-27(36-26)37(23-29(38)39)30(40)43-31(2,3)4/h9,11-19,21H,7-8,10,20,22-23,34H2,1-6H3,(H,38,39). The molecule has 44 heavy (non-hydrogen) atoms. The van der Waals surface area contributed by atoms with E-state index >= 15 is 0 Å². The van der Waals surface area contributed by atoms with Crippen molar-refractivity contribution >= 4 is 27.7 Å². The molecular formula is C33H44N4O6S. The topological polar surface area (TPSA) is 153 Å². The molecule has 238 valence electrons. The van der Waals surface area contributed by atoms with Gasteiger partial charge in [-0.3, -0.25) is 9.69 Å². The Morgan fingerprint density at radius 2 is 1.64 bits per heavy atom. The third-order valence-electron chi connectivity index (χ3n) is 7.35. The number of hydrogen-bond donors (Lipinski definition) is 2. The number of aliphatic carboxylic acids is 1. The summed E-state index contributed by atoms with van der Waals surface area (Å²) in [6, 6.07) is 16.6. The number of carbonyl (C=O) groups excluding carboxylic acids is 1. The number of carboxylic acids is 1. The van der Waals surface area contributed by atoms with Gasteiger partial charge in [-0.1, -0.05) is 76.4 Å². The number of carboxylic acid groups (broad SMARTS) is 1. The van der Waals surface area contributed by atoms with Crippen LogP contribution >= 0.6 is 0 Å². The van der Waals surface area contributed by atoms with Crippen LogP contribution < -0.4 is 10.6 Å². The molecule has 1 unspecified atom stereocenters. The van der Waals surface area contributed by atoms with Crippen LogP contribution in [-0.4, -0.2) is 47.7 Å². The molecule has 1 atom stereocenters. The van der Waals surface area contributed by atoms with Gasteiger partial charge in [0.2, 0.25) is 9.84 Å². The summed E-state index contributed by atoms with van der Waals surface area (Å²) in [6.07, 6.45) is 4.69. The summed E-state index contributed by atoms with van der Waals surface area (Å²) in [7, 11) is -4.37. The van der Waals surface area contributed by atoms with E-state index in [-0.39, 0.29) is 28.4 Å². The molecule has 3 aromatic rings. The maximum absolute atomic E-state index is 14.2. The molecule has 0 fully saturated rings. The Morgan fingerprint density at radius 3 is 2.20 bits per heavy atom. The number of aromatic nitrogens is 2. The van der Waals surface area contributed by atoms with Gasteiger partial charge in [-0.15, -0.1) is 0 Å². The summed E-state index contributed by atoms with van der Waals surface area (Å²) in [4.78, 5) is 31.9. The van der Waals surface area contributed by atoms with Crippen LogP contribution in [0.5, 0.6) is 0 Å². The minimum Gasteiger partial charge on any atom is -0.480 e. The van der Waals surface area contributed by atoms with Crippen molar-refractivity contribution in [1.82, 2.24) is 9.97 Å². The van der Waals surface area contributed by atoms with Gasteiger partial charge < -0.3 is 15.6 Å². The van der Waals surface area contributed by atoms with Crippen molar-refractivity contribution in [3.8, 4) is 0 Å².